The fourth-order valence-electron chi connectivity index (χ4n) is 2.64. The third-order valence-electron chi connectivity index (χ3n) is 3.99. The van der Waals surface area contributed by atoms with Gasteiger partial charge in [-0.3, -0.25) is 4.79 Å². The smallest absolute Gasteiger partial charge is 0.163 e. The number of Topliss-reactive ketones (excluding diaryl/α,β-unsaturated/α-hetero) is 1. The summed E-state index contributed by atoms with van der Waals surface area (Å²) in [5.74, 6) is 0.948. The Labute approximate surface area is 126 Å². The van der Waals surface area contributed by atoms with Gasteiger partial charge in [-0.25, -0.2) is 0 Å². The zero-order valence-electron chi connectivity index (χ0n) is 12.2. The first-order valence-electron chi connectivity index (χ1n) is 7.67. The predicted molar refractivity (Wildman–Crippen MR) is 87.1 cm³/mol. The molecule has 0 heterocycles. The SMILES string of the molecule is O=C(CC/C(=C/c1ccccc1)C1CC1)c1ccccc1. The van der Waals surface area contributed by atoms with Crippen LogP contribution in [0.2, 0.25) is 0 Å². The van der Waals surface area contributed by atoms with Crippen molar-refractivity contribution in [2.24, 2.45) is 5.92 Å². The molecule has 1 aliphatic rings. The summed E-state index contributed by atoms with van der Waals surface area (Å²) in [7, 11) is 0. The van der Waals surface area contributed by atoms with Gasteiger partial charge in [0.05, 0.1) is 0 Å². The molecular weight excluding hydrogens is 256 g/mol. The average molecular weight is 276 g/mol. The molecule has 21 heavy (non-hydrogen) atoms. The first-order valence-corrected chi connectivity index (χ1v) is 7.67. The molecule has 0 amide bonds. The van der Waals surface area contributed by atoms with Crippen molar-refractivity contribution >= 4 is 11.9 Å². The van der Waals surface area contributed by atoms with Gasteiger partial charge in [0.25, 0.3) is 0 Å². The summed E-state index contributed by atoms with van der Waals surface area (Å²) in [6.45, 7) is 0. The molecule has 1 fully saturated rings. The Balaban J connectivity index is 1.67. The van der Waals surface area contributed by atoms with Gasteiger partial charge in [-0.2, -0.15) is 0 Å². The van der Waals surface area contributed by atoms with Crippen molar-refractivity contribution in [2.75, 3.05) is 0 Å². The highest BCUT2D eigenvalue weighted by Crippen LogP contribution is 2.39. The van der Waals surface area contributed by atoms with Gasteiger partial charge in [0.15, 0.2) is 5.78 Å². The Morgan fingerprint density at radius 1 is 0.905 bits per heavy atom. The Hall–Kier alpha value is -2.15. The second-order valence-corrected chi connectivity index (χ2v) is 5.69. The zero-order valence-corrected chi connectivity index (χ0v) is 12.2. The molecule has 0 aromatic heterocycles. The molecule has 0 saturated heterocycles. The lowest BCUT2D eigenvalue weighted by molar-refractivity contribution is 0.0982. The van der Waals surface area contributed by atoms with E-state index in [1.165, 1.54) is 24.0 Å². The van der Waals surface area contributed by atoms with Crippen molar-refractivity contribution in [1.82, 2.24) is 0 Å². The van der Waals surface area contributed by atoms with E-state index in [2.05, 4.69) is 30.3 Å². The summed E-state index contributed by atoms with van der Waals surface area (Å²) in [6.07, 6.45) is 6.32. The molecule has 106 valence electrons. The molecule has 0 spiro atoms. The number of carbonyl (C=O) groups is 1. The van der Waals surface area contributed by atoms with Crippen LogP contribution in [0.15, 0.2) is 66.2 Å². The molecule has 0 atom stereocenters. The number of hydrogen-bond donors (Lipinski definition) is 0. The van der Waals surface area contributed by atoms with Crippen molar-refractivity contribution in [3.63, 3.8) is 0 Å². The van der Waals surface area contributed by atoms with Crippen LogP contribution in [0.1, 0.15) is 41.6 Å². The lowest BCUT2D eigenvalue weighted by Gasteiger charge is -2.06. The van der Waals surface area contributed by atoms with E-state index >= 15 is 0 Å². The van der Waals surface area contributed by atoms with E-state index in [4.69, 9.17) is 0 Å². The fraction of sp³-hybridized carbons (Fsp3) is 0.250. The van der Waals surface area contributed by atoms with Crippen LogP contribution in [-0.4, -0.2) is 5.78 Å². The van der Waals surface area contributed by atoms with Gasteiger partial charge in [-0.05, 0) is 30.7 Å². The minimum Gasteiger partial charge on any atom is -0.294 e. The van der Waals surface area contributed by atoms with Gasteiger partial charge < -0.3 is 0 Å². The summed E-state index contributed by atoms with van der Waals surface area (Å²) >= 11 is 0. The average Bonchev–Trinajstić information content (AvgIpc) is 3.38. The van der Waals surface area contributed by atoms with Crippen LogP contribution in [0, 0.1) is 5.92 Å². The third-order valence-corrected chi connectivity index (χ3v) is 3.99. The Kier molecular flexibility index (Phi) is 4.30. The highest BCUT2D eigenvalue weighted by atomic mass is 16.1. The molecule has 0 radical (unpaired) electrons. The molecule has 0 aliphatic heterocycles. The predicted octanol–water partition coefficient (Wildman–Crippen LogP) is 5.14. The van der Waals surface area contributed by atoms with Gasteiger partial charge in [0, 0.05) is 12.0 Å². The minimum atomic E-state index is 0.246. The third kappa shape index (κ3) is 3.91. The molecule has 1 saturated carbocycles. The summed E-state index contributed by atoms with van der Waals surface area (Å²) < 4.78 is 0. The monoisotopic (exact) mass is 276 g/mol. The van der Waals surface area contributed by atoms with E-state index in [9.17, 15) is 4.79 Å². The molecule has 0 N–H and O–H groups in total. The maximum Gasteiger partial charge on any atom is 0.163 e. The van der Waals surface area contributed by atoms with Crippen molar-refractivity contribution in [2.45, 2.75) is 25.7 Å². The molecule has 1 heteroatoms. The van der Waals surface area contributed by atoms with Crippen LogP contribution in [0.25, 0.3) is 6.08 Å². The number of rotatable bonds is 6. The van der Waals surface area contributed by atoms with Crippen molar-refractivity contribution in [1.29, 1.82) is 0 Å². The maximum atomic E-state index is 12.2. The van der Waals surface area contributed by atoms with Crippen LogP contribution in [-0.2, 0) is 0 Å². The van der Waals surface area contributed by atoms with Gasteiger partial charge in [0.2, 0.25) is 0 Å². The van der Waals surface area contributed by atoms with E-state index in [1.54, 1.807) is 0 Å². The summed E-state index contributed by atoms with van der Waals surface area (Å²) in [5.41, 5.74) is 3.50. The van der Waals surface area contributed by atoms with E-state index in [0.29, 0.717) is 12.3 Å². The quantitative estimate of drug-likeness (QED) is 0.667. The molecule has 0 unspecified atom stereocenters. The Morgan fingerprint density at radius 3 is 2.14 bits per heavy atom. The molecule has 1 nitrogen and oxygen atoms in total. The molecule has 3 rings (SSSR count). The van der Waals surface area contributed by atoms with Gasteiger partial charge in [0.1, 0.15) is 0 Å². The van der Waals surface area contributed by atoms with E-state index in [-0.39, 0.29) is 5.78 Å². The highest BCUT2D eigenvalue weighted by molar-refractivity contribution is 5.96. The molecule has 0 bridgehead atoms. The zero-order chi connectivity index (χ0) is 14.5. The van der Waals surface area contributed by atoms with E-state index in [0.717, 1.165) is 12.0 Å². The number of allylic oxidation sites excluding steroid dienone is 1. The molecular formula is C20H20O. The van der Waals surface area contributed by atoms with Gasteiger partial charge in [-0.1, -0.05) is 72.3 Å². The Morgan fingerprint density at radius 2 is 1.52 bits per heavy atom. The summed E-state index contributed by atoms with van der Waals surface area (Å²) in [4.78, 5) is 12.2. The standard InChI is InChI=1S/C20H20O/c21-20(18-9-5-2-6-10-18)14-13-19(17-11-12-17)15-16-7-3-1-4-8-16/h1-10,15,17H,11-14H2/b19-15-. The normalized spacial score (nSPS) is 15.0. The highest BCUT2D eigenvalue weighted by Gasteiger charge is 2.26. The van der Waals surface area contributed by atoms with Gasteiger partial charge in [-0.15, -0.1) is 0 Å². The number of carbonyl (C=O) groups excluding carboxylic acids is 1. The molecule has 2 aromatic carbocycles. The Bertz CT molecular complexity index is 621. The molecule has 2 aromatic rings. The first-order chi connectivity index (χ1) is 10.3. The van der Waals surface area contributed by atoms with Crippen molar-refractivity contribution in [3.8, 4) is 0 Å². The maximum absolute atomic E-state index is 12.2. The van der Waals surface area contributed by atoms with Crippen LogP contribution >= 0.6 is 0 Å². The summed E-state index contributed by atoms with van der Waals surface area (Å²) in [6, 6.07) is 20.0. The van der Waals surface area contributed by atoms with Crippen LogP contribution in [0.4, 0.5) is 0 Å². The lowest BCUT2D eigenvalue weighted by Crippen LogP contribution is -2.00. The van der Waals surface area contributed by atoms with Gasteiger partial charge >= 0.3 is 0 Å². The van der Waals surface area contributed by atoms with Crippen molar-refractivity contribution < 1.29 is 4.79 Å². The second-order valence-electron chi connectivity index (χ2n) is 5.69. The topological polar surface area (TPSA) is 17.1 Å². The minimum absolute atomic E-state index is 0.246. The van der Waals surface area contributed by atoms with Crippen LogP contribution in [0.5, 0.6) is 0 Å². The van der Waals surface area contributed by atoms with Crippen LogP contribution < -0.4 is 0 Å². The molecule has 1 aliphatic carbocycles. The summed E-state index contributed by atoms with van der Waals surface area (Å²) in [5, 5.41) is 0. The van der Waals surface area contributed by atoms with Crippen molar-refractivity contribution in [3.05, 3.63) is 77.4 Å². The van der Waals surface area contributed by atoms with Crippen LogP contribution in [0.3, 0.4) is 0 Å². The largest absolute Gasteiger partial charge is 0.294 e. The van der Waals surface area contributed by atoms with E-state index in [1.807, 2.05) is 36.4 Å². The number of ketones is 1. The second kappa shape index (κ2) is 6.53. The lowest BCUT2D eigenvalue weighted by atomic mass is 9.98. The number of hydrogen-bond acceptors (Lipinski definition) is 1. The number of benzene rings is 2. The van der Waals surface area contributed by atoms with E-state index < -0.39 is 0 Å². The first kappa shape index (κ1) is 13.8. The fourth-order valence-corrected chi connectivity index (χ4v) is 2.64.